The number of amides is 1. The summed E-state index contributed by atoms with van der Waals surface area (Å²) < 4.78 is 5.42. The van der Waals surface area contributed by atoms with Crippen LogP contribution in [0.5, 0.6) is 0 Å². The van der Waals surface area contributed by atoms with Gasteiger partial charge in [-0.1, -0.05) is 0 Å². The van der Waals surface area contributed by atoms with Crippen molar-refractivity contribution < 1.29 is 9.21 Å². The van der Waals surface area contributed by atoms with E-state index in [1.807, 2.05) is 19.1 Å². The van der Waals surface area contributed by atoms with Gasteiger partial charge in [-0.05, 0) is 63.8 Å². The van der Waals surface area contributed by atoms with Crippen LogP contribution in [0, 0.1) is 6.92 Å². The highest BCUT2D eigenvalue weighted by Crippen LogP contribution is 2.25. The first kappa shape index (κ1) is 16.6. The van der Waals surface area contributed by atoms with Crippen molar-refractivity contribution in [3.63, 3.8) is 0 Å². The summed E-state index contributed by atoms with van der Waals surface area (Å²) in [4.78, 5) is 18.7. The summed E-state index contributed by atoms with van der Waals surface area (Å²) in [5, 5.41) is 0. The van der Waals surface area contributed by atoms with Crippen LogP contribution in [0.25, 0.3) is 0 Å². The SMILES string of the molecule is Cc1ccc(C(=O)N(C)c2ccc(N3CCC(N(C)C)C3)cc2)o1. The van der Waals surface area contributed by atoms with Gasteiger partial charge in [0.05, 0.1) is 0 Å². The third-order valence-electron chi connectivity index (χ3n) is 4.75. The van der Waals surface area contributed by atoms with Gasteiger partial charge in [0.25, 0.3) is 5.91 Å². The third-order valence-corrected chi connectivity index (χ3v) is 4.75. The van der Waals surface area contributed by atoms with Crippen LogP contribution in [0.15, 0.2) is 40.8 Å². The van der Waals surface area contributed by atoms with Crippen LogP contribution in [-0.2, 0) is 0 Å². The monoisotopic (exact) mass is 327 g/mol. The molecule has 3 rings (SSSR count). The Morgan fingerprint density at radius 2 is 1.83 bits per heavy atom. The maximum absolute atomic E-state index is 12.4. The van der Waals surface area contributed by atoms with Crippen molar-refractivity contribution in [2.45, 2.75) is 19.4 Å². The second-order valence-corrected chi connectivity index (χ2v) is 6.64. The van der Waals surface area contributed by atoms with E-state index in [4.69, 9.17) is 4.42 Å². The summed E-state index contributed by atoms with van der Waals surface area (Å²) in [6, 6.07) is 12.3. The van der Waals surface area contributed by atoms with Crippen LogP contribution in [0.1, 0.15) is 22.7 Å². The molecule has 2 aromatic rings. The molecule has 0 bridgehead atoms. The normalized spacial score (nSPS) is 17.5. The summed E-state index contributed by atoms with van der Waals surface area (Å²) >= 11 is 0. The summed E-state index contributed by atoms with van der Waals surface area (Å²) in [6.07, 6.45) is 1.19. The Morgan fingerprint density at radius 1 is 1.12 bits per heavy atom. The average Bonchev–Trinajstić information content (AvgIpc) is 3.23. The molecule has 0 aliphatic carbocycles. The summed E-state index contributed by atoms with van der Waals surface area (Å²) in [5.74, 6) is 0.976. The number of carbonyl (C=O) groups is 1. The first-order valence-corrected chi connectivity index (χ1v) is 8.31. The van der Waals surface area contributed by atoms with Crippen molar-refractivity contribution in [2.24, 2.45) is 0 Å². The fourth-order valence-electron chi connectivity index (χ4n) is 3.12. The van der Waals surface area contributed by atoms with Crippen LogP contribution in [0.3, 0.4) is 0 Å². The maximum Gasteiger partial charge on any atom is 0.293 e. The summed E-state index contributed by atoms with van der Waals surface area (Å²) in [7, 11) is 6.04. The van der Waals surface area contributed by atoms with Gasteiger partial charge < -0.3 is 19.1 Å². The van der Waals surface area contributed by atoms with E-state index in [1.54, 1.807) is 24.1 Å². The number of anilines is 2. The number of likely N-dealkylation sites (N-methyl/N-ethyl adjacent to an activating group) is 1. The Kier molecular flexibility index (Phi) is 4.62. The Morgan fingerprint density at radius 3 is 2.38 bits per heavy atom. The molecular formula is C19H25N3O2. The number of hydrogen-bond acceptors (Lipinski definition) is 4. The van der Waals surface area contributed by atoms with E-state index in [-0.39, 0.29) is 5.91 Å². The molecule has 1 aromatic heterocycles. The van der Waals surface area contributed by atoms with E-state index in [1.165, 1.54) is 12.1 Å². The second-order valence-electron chi connectivity index (χ2n) is 6.64. The van der Waals surface area contributed by atoms with E-state index < -0.39 is 0 Å². The topological polar surface area (TPSA) is 39.9 Å². The van der Waals surface area contributed by atoms with Gasteiger partial charge in [-0.3, -0.25) is 4.79 Å². The highest BCUT2D eigenvalue weighted by molar-refractivity contribution is 6.03. The van der Waals surface area contributed by atoms with E-state index in [9.17, 15) is 4.79 Å². The first-order valence-electron chi connectivity index (χ1n) is 8.31. The lowest BCUT2D eigenvalue weighted by Gasteiger charge is -2.23. The standard InChI is InChI=1S/C19H25N3O2/c1-14-5-10-18(24-14)19(23)21(4)15-6-8-16(9-7-15)22-12-11-17(13-22)20(2)3/h5-10,17H,11-13H2,1-4H3. The number of hydrogen-bond donors (Lipinski definition) is 0. The van der Waals surface area contributed by atoms with E-state index in [0.717, 1.165) is 24.5 Å². The molecule has 1 aliphatic rings. The molecule has 0 radical (unpaired) electrons. The molecule has 0 saturated carbocycles. The molecule has 5 nitrogen and oxygen atoms in total. The third kappa shape index (κ3) is 3.31. The van der Waals surface area contributed by atoms with Crippen molar-refractivity contribution in [2.75, 3.05) is 44.0 Å². The van der Waals surface area contributed by atoms with Gasteiger partial charge >= 0.3 is 0 Å². The molecule has 5 heteroatoms. The van der Waals surface area contributed by atoms with Gasteiger partial charge in [-0.15, -0.1) is 0 Å². The molecule has 1 unspecified atom stereocenters. The minimum atomic E-state index is -0.135. The van der Waals surface area contributed by atoms with E-state index in [2.05, 4.69) is 36.0 Å². The zero-order chi connectivity index (χ0) is 17.3. The highest BCUT2D eigenvalue weighted by atomic mass is 16.3. The Balaban J connectivity index is 1.69. The zero-order valence-corrected chi connectivity index (χ0v) is 14.8. The number of carbonyl (C=O) groups excluding carboxylic acids is 1. The van der Waals surface area contributed by atoms with Crippen LogP contribution >= 0.6 is 0 Å². The van der Waals surface area contributed by atoms with Gasteiger partial charge in [0, 0.05) is 37.6 Å². The lowest BCUT2D eigenvalue weighted by molar-refractivity contribution is 0.0965. The van der Waals surface area contributed by atoms with Gasteiger partial charge in [0.15, 0.2) is 5.76 Å². The predicted molar refractivity (Wildman–Crippen MR) is 96.9 cm³/mol. The number of benzene rings is 1. The number of aryl methyl sites for hydroxylation is 1. The quantitative estimate of drug-likeness (QED) is 0.865. The van der Waals surface area contributed by atoms with Gasteiger partial charge in [-0.2, -0.15) is 0 Å². The van der Waals surface area contributed by atoms with Crippen LogP contribution in [0.4, 0.5) is 11.4 Å². The van der Waals surface area contributed by atoms with Crippen LogP contribution in [-0.4, -0.2) is 51.1 Å². The average molecular weight is 327 g/mol. The number of rotatable bonds is 4. The fourth-order valence-corrected chi connectivity index (χ4v) is 3.12. The van der Waals surface area contributed by atoms with Crippen LogP contribution < -0.4 is 9.80 Å². The lowest BCUT2D eigenvalue weighted by atomic mass is 10.2. The molecule has 2 heterocycles. The van der Waals surface area contributed by atoms with Gasteiger partial charge in [0.1, 0.15) is 5.76 Å². The van der Waals surface area contributed by atoms with Crippen molar-refractivity contribution in [1.29, 1.82) is 0 Å². The summed E-state index contributed by atoms with van der Waals surface area (Å²) in [5.41, 5.74) is 2.07. The number of furan rings is 1. The largest absolute Gasteiger partial charge is 0.456 e. The summed E-state index contributed by atoms with van der Waals surface area (Å²) in [6.45, 7) is 3.96. The second kappa shape index (κ2) is 6.69. The lowest BCUT2D eigenvalue weighted by Crippen LogP contribution is -2.31. The van der Waals surface area contributed by atoms with Crippen molar-refractivity contribution in [1.82, 2.24) is 4.90 Å². The molecule has 0 spiro atoms. The minimum absolute atomic E-state index is 0.135. The molecule has 1 saturated heterocycles. The molecule has 1 aliphatic heterocycles. The molecule has 24 heavy (non-hydrogen) atoms. The Hall–Kier alpha value is -2.27. The highest BCUT2D eigenvalue weighted by Gasteiger charge is 2.24. The van der Waals surface area contributed by atoms with Crippen molar-refractivity contribution in [3.8, 4) is 0 Å². The van der Waals surface area contributed by atoms with Crippen molar-refractivity contribution >= 4 is 17.3 Å². The maximum atomic E-state index is 12.4. The molecular weight excluding hydrogens is 302 g/mol. The van der Waals surface area contributed by atoms with E-state index >= 15 is 0 Å². The van der Waals surface area contributed by atoms with Crippen molar-refractivity contribution in [3.05, 3.63) is 47.9 Å². The van der Waals surface area contributed by atoms with Gasteiger partial charge in [0.2, 0.25) is 0 Å². The molecule has 1 amide bonds. The molecule has 1 atom stereocenters. The molecule has 0 N–H and O–H groups in total. The zero-order valence-electron chi connectivity index (χ0n) is 14.8. The first-order chi connectivity index (χ1) is 11.5. The van der Waals surface area contributed by atoms with Gasteiger partial charge in [-0.25, -0.2) is 0 Å². The smallest absolute Gasteiger partial charge is 0.293 e. The minimum Gasteiger partial charge on any atom is -0.456 e. The predicted octanol–water partition coefficient (Wildman–Crippen LogP) is 3.00. The molecule has 1 aromatic carbocycles. The molecule has 128 valence electrons. The molecule has 1 fully saturated rings. The Bertz CT molecular complexity index is 706. The Labute approximate surface area is 143 Å². The number of nitrogens with zero attached hydrogens (tertiary/aromatic N) is 3. The van der Waals surface area contributed by atoms with Crippen LogP contribution in [0.2, 0.25) is 0 Å². The fraction of sp³-hybridized carbons (Fsp3) is 0.421. The van der Waals surface area contributed by atoms with E-state index in [0.29, 0.717) is 11.8 Å².